The minimum Gasteiger partial charge on any atom is -0.455 e. The predicted octanol–water partition coefficient (Wildman–Crippen LogP) is 3.22. The van der Waals surface area contributed by atoms with Gasteiger partial charge in [0.25, 0.3) is 11.8 Å². The van der Waals surface area contributed by atoms with Crippen LogP contribution in [-0.4, -0.2) is 30.3 Å². The van der Waals surface area contributed by atoms with Crippen molar-refractivity contribution in [1.82, 2.24) is 10.9 Å². The van der Waals surface area contributed by atoms with Gasteiger partial charge in [-0.05, 0) is 35.7 Å². The summed E-state index contributed by atoms with van der Waals surface area (Å²) in [4.78, 5) is 47.6. The lowest BCUT2D eigenvalue weighted by molar-refractivity contribution is -0.149. The van der Waals surface area contributed by atoms with Crippen molar-refractivity contribution in [3.8, 4) is 0 Å². The number of anilines is 1. The van der Waals surface area contributed by atoms with Crippen LogP contribution in [0.2, 0.25) is 5.02 Å². The summed E-state index contributed by atoms with van der Waals surface area (Å²) < 4.78 is 4.83. The summed E-state index contributed by atoms with van der Waals surface area (Å²) in [7, 11) is 0. The van der Waals surface area contributed by atoms with Crippen LogP contribution in [0.1, 0.15) is 23.2 Å². The Morgan fingerprint density at radius 2 is 1.50 bits per heavy atom. The van der Waals surface area contributed by atoms with Crippen LogP contribution in [0.4, 0.5) is 5.69 Å². The Balaban J connectivity index is 1.37. The molecule has 0 saturated carbocycles. The van der Waals surface area contributed by atoms with Gasteiger partial charge in [0.1, 0.15) is 0 Å². The van der Waals surface area contributed by atoms with Crippen molar-refractivity contribution in [2.45, 2.75) is 12.8 Å². The highest BCUT2D eigenvalue weighted by molar-refractivity contribution is 6.30. The van der Waals surface area contributed by atoms with Crippen molar-refractivity contribution in [3.63, 3.8) is 0 Å². The maximum Gasteiger partial charge on any atom is 0.306 e. The Bertz CT molecular complexity index is 1140. The molecule has 0 bridgehead atoms. The first-order valence-electron chi connectivity index (χ1n) is 9.70. The number of halogens is 1. The van der Waals surface area contributed by atoms with Crippen LogP contribution in [-0.2, 0) is 19.1 Å². The molecular formula is C23H20ClN3O5. The molecule has 3 aromatic rings. The number of hydrogen-bond acceptors (Lipinski definition) is 5. The average molecular weight is 454 g/mol. The van der Waals surface area contributed by atoms with Gasteiger partial charge >= 0.3 is 5.97 Å². The van der Waals surface area contributed by atoms with Gasteiger partial charge in [0.2, 0.25) is 5.91 Å². The number of amides is 3. The normalized spacial score (nSPS) is 10.3. The molecule has 0 aliphatic heterocycles. The van der Waals surface area contributed by atoms with Gasteiger partial charge in [0.05, 0.1) is 6.42 Å². The van der Waals surface area contributed by atoms with Crippen molar-refractivity contribution in [2.75, 3.05) is 11.9 Å². The van der Waals surface area contributed by atoms with E-state index in [1.165, 1.54) is 24.3 Å². The third-order valence-electron chi connectivity index (χ3n) is 4.41. The number of ether oxygens (including phenoxy) is 1. The Morgan fingerprint density at radius 1 is 0.781 bits per heavy atom. The molecule has 0 aliphatic carbocycles. The molecule has 9 heteroatoms. The molecule has 3 N–H and O–H groups in total. The number of rotatable bonds is 7. The molecule has 0 saturated heterocycles. The zero-order chi connectivity index (χ0) is 22.9. The largest absolute Gasteiger partial charge is 0.455 e. The number of nitrogens with one attached hydrogen (secondary N) is 3. The standard InChI is InChI=1S/C23H20ClN3O5/c24-17-10-8-16(9-11-17)23(31)27-26-21(29)14-32-22(30)13-12-20(28)25-19-7-3-5-15-4-1-2-6-18(15)19/h1-11H,12-14H2,(H,25,28)(H,26,29)(H,27,31). The van der Waals surface area contributed by atoms with Gasteiger partial charge in [0, 0.05) is 28.1 Å². The fourth-order valence-electron chi connectivity index (χ4n) is 2.82. The highest BCUT2D eigenvalue weighted by Crippen LogP contribution is 2.23. The van der Waals surface area contributed by atoms with Crippen LogP contribution in [0.5, 0.6) is 0 Å². The minimum absolute atomic E-state index is 0.100. The van der Waals surface area contributed by atoms with Gasteiger partial charge in [-0.25, -0.2) is 0 Å². The number of hydrazine groups is 1. The number of carbonyl (C=O) groups is 4. The first-order chi connectivity index (χ1) is 15.4. The molecule has 0 aliphatic rings. The minimum atomic E-state index is -0.721. The van der Waals surface area contributed by atoms with Gasteiger partial charge in [-0.1, -0.05) is 48.0 Å². The van der Waals surface area contributed by atoms with Crippen LogP contribution in [0, 0.1) is 0 Å². The van der Waals surface area contributed by atoms with E-state index in [-0.39, 0.29) is 18.7 Å². The average Bonchev–Trinajstić information content (AvgIpc) is 2.80. The summed E-state index contributed by atoms with van der Waals surface area (Å²) >= 11 is 5.75. The van der Waals surface area contributed by atoms with Gasteiger partial charge < -0.3 is 10.1 Å². The van der Waals surface area contributed by atoms with Gasteiger partial charge in [-0.3, -0.25) is 30.0 Å². The van der Waals surface area contributed by atoms with Crippen LogP contribution in [0.15, 0.2) is 66.7 Å². The van der Waals surface area contributed by atoms with E-state index in [1.807, 2.05) is 36.4 Å². The van der Waals surface area contributed by atoms with E-state index in [0.717, 1.165) is 10.8 Å². The molecular weight excluding hydrogens is 434 g/mol. The summed E-state index contributed by atoms with van der Waals surface area (Å²) in [6.07, 6.45) is -0.294. The molecule has 3 rings (SSSR count). The van der Waals surface area contributed by atoms with Crippen LogP contribution in [0.3, 0.4) is 0 Å². The smallest absolute Gasteiger partial charge is 0.306 e. The van der Waals surface area contributed by atoms with Gasteiger partial charge in [-0.2, -0.15) is 0 Å². The molecule has 164 valence electrons. The quantitative estimate of drug-likeness (QED) is 0.375. The Hall–Kier alpha value is -3.91. The molecule has 0 unspecified atom stereocenters. The first-order valence-corrected chi connectivity index (χ1v) is 10.1. The Kier molecular flexibility index (Phi) is 7.77. The zero-order valence-electron chi connectivity index (χ0n) is 16.9. The van der Waals surface area contributed by atoms with Crippen LogP contribution < -0.4 is 16.2 Å². The topological polar surface area (TPSA) is 114 Å². The molecule has 3 aromatic carbocycles. The lowest BCUT2D eigenvalue weighted by Gasteiger charge is -2.09. The van der Waals surface area contributed by atoms with Crippen molar-refractivity contribution in [2.24, 2.45) is 0 Å². The summed E-state index contributed by atoms with van der Waals surface area (Å²) in [5.74, 6) is -2.33. The SMILES string of the molecule is O=C(COC(=O)CCC(=O)Nc1cccc2ccccc12)NNC(=O)c1ccc(Cl)cc1. The second-order valence-corrected chi connectivity index (χ2v) is 7.18. The predicted molar refractivity (Wildman–Crippen MR) is 120 cm³/mol. The summed E-state index contributed by atoms with van der Waals surface area (Å²) in [5.41, 5.74) is 5.28. The molecule has 0 radical (unpaired) electrons. The maximum absolute atomic E-state index is 12.2. The summed E-state index contributed by atoms with van der Waals surface area (Å²) in [6.45, 7) is -0.593. The molecule has 0 spiro atoms. The fourth-order valence-corrected chi connectivity index (χ4v) is 2.94. The van der Waals surface area contributed by atoms with Gasteiger partial charge in [-0.15, -0.1) is 0 Å². The summed E-state index contributed by atoms with van der Waals surface area (Å²) in [5, 5.41) is 5.13. The highest BCUT2D eigenvalue weighted by Gasteiger charge is 2.12. The second kappa shape index (κ2) is 10.9. The molecule has 0 fully saturated rings. The van der Waals surface area contributed by atoms with E-state index in [2.05, 4.69) is 16.2 Å². The molecule has 8 nitrogen and oxygen atoms in total. The fraction of sp³-hybridized carbons (Fsp3) is 0.130. The lowest BCUT2D eigenvalue weighted by atomic mass is 10.1. The van der Waals surface area contributed by atoms with Crippen molar-refractivity contribution < 1.29 is 23.9 Å². The zero-order valence-corrected chi connectivity index (χ0v) is 17.6. The van der Waals surface area contributed by atoms with E-state index >= 15 is 0 Å². The molecule has 0 heterocycles. The Labute approximate surface area is 188 Å². The van der Waals surface area contributed by atoms with Crippen molar-refractivity contribution >= 4 is 51.8 Å². The van der Waals surface area contributed by atoms with Crippen LogP contribution in [0.25, 0.3) is 10.8 Å². The highest BCUT2D eigenvalue weighted by atomic mass is 35.5. The third kappa shape index (κ3) is 6.55. The number of fused-ring (bicyclic) bond motifs is 1. The number of carbonyl (C=O) groups excluding carboxylic acids is 4. The van der Waals surface area contributed by atoms with E-state index in [1.54, 1.807) is 6.07 Å². The summed E-state index contributed by atoms with van der Waals surface area (Å²) in [6, 6.07) is 19.2. The van der Waals surface area contributed by atoms with Gasteiger partial charge in [0.15, 0.2) is 6.61 Å². The second-order valence-electron chi connectivity index (χ2n) is 6.74. The van der Waals surface area contributed by atoms with E-state index < -0.39 is 24.4 Å². The maximum atomic E-state index is 12.2. The number of benzene rings is 3. The molecule has 3 amide bonds. The van der Waals surface area contributed by atoms with Crippen molar-refractivity contribution in [3.05, 3.63) is 77.3 Å². The van der Waals surface area contributed by atoms with E-state index in [9.17, 15) is 19.2 Å². The lowest BCUT2D eigenvalue weighted by Crippen LogP contribution is -2.43. The molecule has 0 atom stereocenters. The third-order valence-corrected chi connectivity index (χ3v) is 4.66. The molecule has 0 aromatic heterocycles. The number of esters is 1. The molecule has 32 heavy (non-hydrogen) atoms. The number of hydrogen-bond donors (Lipinski definition) is 3. The van der Waals surface area contributed by atoms with E-state index in [4.69, 9.17) is 16.3 Å². The van der Waals surface area contributed by atoms with E-state index in [0.29, 0.717) is 16.3 Å². The Morgan fingerprint density at radius 3 is 2.28 bits per heavy atom. The van der Waals surface area contributed by atoms with Crippen molar-refractivity contribution in [1.29, 1.82) is 0 Å². The first kappa shape index (κ1) is 22.8. The monoisotopic (exact) mass is 453 g/mol. The van der Waals surface area contributed by atoms with Crippen LogP contribution >= 0.6 is 11.6 Å².